The van der Waals surface area contributed by atoms with Crippen molar-refractivity contribution in [3.8, 4) is 11.4 Å². The molecular formula is C30H19BrN2. The van der Waals surface area contributed by atoms with E-state index in [1.807, 2.05) is 0 Å². The van der Waals surface area contributed by atoms with Crippen LogP contribution in [0.15, 0.2) is 120 Å². The van der Waals surface area contributed by atoms with Crippen LogP contribution in [0.3, 0.4) is 0 Å². The first-order chi connectivity index (χ1) is 16.3. The largest absolute Gasteiger partial charge is 0.309 e. The van der Waals surface area contributed by atoms with Crippen molar-refractivity contribution in [2.24, 2.45) is 0 Å². The van der Waals surface area contributed by atoms with Gasteiger partial charge in [0.25, 0.3) is 0 Å². The minimum atomic E-state index is 1.08. The van der Waals surface area contributed by atoms with E-state index in [0.29, 0.717) is 0 Å². The highest BCUT2D eigenvalue weighted by Crippen LogP contribution is 2.40. The van der Waals surface area contributed by atoms with E-state index in [1.54, 1.807) is 0 Å². The average molecular weight is 487 g/mol. The molecule has 33 heavy (non-hydrogen) atoms. The van der Waals surface area contributed by atoms with E-state index in [0.717, 1.165) is 10.2 Å². The second-order valence-corrected chi connectivity index (χ2v) is 9.32. The summed E-state index contributed by atoms with van der Waals surface area (Å²) in [5.41, 5.74) is 7.19. The zero-order valence-corrected chi connectivity index (χ0v) is 19.3. The Morgan fingerprint density at radius 2 is 0.909 bits per heavy atom. The Bertz CT molecular complexity index is 1810. The fourth-order valence-corrected chi connectivity index (χ4v) is 5.51. The number of hydrogen-bond acceptors (Lipinski definition) is 0. The van der Waals surface area contributed by atoms with E-state index >= 15 is 0 Å². The lowest BCUT2D eigenvalue weighted by atomic mass is 10.1. The minimum Gasteiger partial charge on any atom is -0.309 e. The topological polar surface area (TPSA) is 9.86 Å². The average Bonchev–Trinajstić information content (AvgIpc) is 3.35. The van der Waals surface area contributed by atoms with Crippen LogP contribution in [0.1, 0.15) is 0 Å². The number of aromatic nitrogens is 2. The summed E-state index contributed by atoms with van der Waals surface area (Å²) in [5, 5.41) is 5.08. The Morgan fingerprint density at radius 1 is 0.394 bits per heavy atom. The van der Waals surface area contributed by atoms with Gasteiger partial charge in [-0.3, -0.25) is 0 Å². The molecule has 7 aromatic rings. The number of para-hydroxylation sites is 3. The lowest BCUT2D eigenvalue weighted by molar-refractivity contribution is 1.16. The smallest absolute Gasteiger partial charge is 0.0562 e. The molecule has 0 saturated heterocycles. The van der Waals surface area contributed by atoms with E-state index in [-0.39, 0.29) is 0 Å². The molecule has 0 saturated carbocycles. The van der Waals surface area contributed by atoms with Crippen LogP contribution in [-0.4, -0.2) is 9.13 Å². The fourth-order valence-electron chi connectivity index (χ4n) is 5.16. The zero-order chi connectivity index (χ0) is 21.9. The van der Waals surface area contributed by atoms with Gasteiger partial charge in [0, 0.05) is 37.4 Å². The Balaban J connectivity index is 1.71. The molecule has 0 atom stereocenters. The van der Waals surface area contributed by atoms with Gasteiger partial charge in [0.05, 0.1) is 22.1 Å². The number of rotatable bonds is 2. The van der Waals surface area contributed by atoms with Crippen LogP contribution < -0.4 is 0 Å². The van der Waals surface area contributed by atoms with Crippen molar-refractivity contribution in [2.45, 2.75) is 0 Å². The van der Waals surface area contributed by atoms with Gasteiger partial charge in [-0.15, -0.1) is 0 Å². The highest BCUT2D eigenvalue weighted by Gasteiger charge is 2.18. The summed E-state index contributed by atoms with van der Waals surface area (Å²) in [6.07, 6.45) is 0. The first-order valence-electron chi connectivity index (χ1n) is 11.1. The second-order valence-electron chi connectivity index (χ2n) is 8.41. The van der Waals surface area contributed by atoms with Gasteiger partial charge in [0.1, 0.15) is 0 Å². The Hall–Kier alpha value is -3.82. The molecule has 0 spiro atoms. The van der Waals surface area contributed by atoms with Crippen LogP contribution in [0.25, 0.3) is 55.0 Å². The van der Waals surface area contributed by atoms with E-state index in [4.69, 9.17) is 0 Å². The third-order valence-corrected chi connectivity index (χ3v) is 7.04. The van der Waals surface area contributed by atoms with Crippen LogP contribution in [0.4, 0.5) is 0 Å². The minimum absolute atomic E-state index is 1.08. The van der Waals surface area contributed by atoms with Crippen molar-refractivity contribution < 1.29 is 0 Å². The summed E-state index contributed by atoms with van der Waals surface area (Å²) in [7, 11) is 0. The number of fused-ring (bicyclic) bond motifs is 6. The van der Waals surface area contributed by atoms with Crippen molar-refractivity contribution >= 4 is 59.5 Å². The second kappa shape index (κ2) is 7.09. The highest BCUT2D eigenvalue weighted by molar-refractivity contribution is 9.10. The van der Waals surface area contributed by atoms with Gasteiger partial charge in [0.15, 0.2) is 0 Å². The van der Waals surface area contributed by atoms with Gasteiger partial charge >= 0.3 is 0 Å². The van der Waals surface area contributed by atoms with Crippen LogP contribution >= 0.6 is 15.9 Å². The summed E-state index contributed by atoms with van der Waals surface area (Å²) in [4.78, 5) is 0. The monoisotopic (exact) mass is 486 g/mol. The maximum atomic E-state index is 3.69. The molecule has 0 N–H and O–H groups in total. The maximum Gasteiger partial charge on any atom is 0.0562 e. The third kappa shape index (κ3) is 2.73. The van der Waals surface area contributed by atoms with Crippen LogP contribution in [0.2, 0.25) is 0 Å². The van der Waals surface area contributed by atoms with E-state index in [2.05, 4.69) is 140 Å². The zero-order valence-electron chi connectivity index (χ0n) is 17.7. The summed E-state index contributed by atoms with van der Waals surface area (Å²) in [5.74, 6) is 0. The third-order valence-electron chi connectivity index (χ3n) is 6.55. The number of benzene rings is 5. The van der Waals surface area contributed by atoms with Gasteiger partial charge in [0.2, 0.25) is 0 Å². The van der Waals surface area contributed by atoms with Crippen LogP contribution in [0, 0.1) is 0 Å². The summed E-state index contributed by atoms with van der Waals surface area (Å²) in [6, 6.07) is 41.3. The molecule has 2 aromatic heterocycles. The van der Waals surface area contributed by atoms with E-state index < -0.39 is 0 Å². The molecule has 0 aliphatic carbocycles. The predicted octanol–water partition coefficient (Wildman–Crippen LogP) is 8.64. The standard InChI is InChI=1S/C30H19BrN2/c31-20-15-16-24-26-18-25-23-13-7-8-14-27(23)32(21-9-3-1-4-10-21)29(25)19-30(26)33(28(24)17-20)22-11-5-2-6-12-22/h1-19H. The van der Waals surface area contributed by atoms with Crippen molar-refractivity contribution in [3.05, 3.63) is 120 Å². The molecule has 2 nitrogen and oxygen atoms in total. The maximum absolute atomic E-state index is 3.69. The van der Waals surface area contributed by atoms with Gasteiger partial charge in [-0.2, -0.15) is 0 Å². The molecule has 7 rings (SSSR count). The number of hydrogen-bond donors (Lipinski definition) is 0. The summed E-state index contributed by atoms with van der Waals surface area (Å²) in [6.45, 7) is 0. The van der Waals surface area contributed by atoms with Gasteiger partial charge < -0.3 is 9.13 Å². The predicted molar refractivity (Wildman–Crippen MR) is 143 cm³/mol. The lowest BCUT2D eigenvalue weighted by Gasteiger charge is -2.10. The summed E-state index contributed by atoms with van der Waals surface area (Å²) < 4.78 is 5.84. The first-order valence-corrected chi connectivity index (χ1v) is 11.9. The first kappa shape index (κ1) is 18.7. The Labute approximate surface area is 199 Å². The van der Waals surface area contributed by atoms with E-state index in [9.17, 15) is 0 Å². The molecule has 0 unspecified atom stereocenters. The molecule has 0 aliphatic heterocycles. The van der Waals surface area contributed by atoms with Crippen molar-refractivity contribution in [2.75, 3.05) is 0 Å². The Morgan fingerprint density at radius 3 is 1.58 bits per heavy atom. The summed E-state index contributed by atoms with van der Waals surface area (Å²) >= 11 is 3.69. The SMILES string of the molecule is Brc1ccc2c3cc4c5ccccc5n(-c5ccccc5)c4cc3n(-c3ccccc3)c2c1. The van der Waals surface area contributed by atoms with E-state index in [1.165, 1.54) is 49.3 Å². The van der Waals surface area contributed by atoms with Gasteiger partial charge in [-0.1, -0.05) is 76.6 Å². The van der Waals surface area contributed by atoms with Crippen molar-refractivity contribution in [3.63, 3.8) is 0 Å². The Kier molecular flexibility index (Phi) is 4.02. The highest BCUT2D eigenvalue weighted by atomic mass is 79.9. The quantitative estimate of drug-likeness (QED) is 0.231. The molecular weight excluding hydrogens is 468 g/mol. The molecule has 3 heteroatoms. The molecule has 0 radical (unpaired) electrons. The lowest BCUT2D eigenvalue weighted by Crippen LogP contribution is -1.95. The number of halogens is 1. The normalized spacial score (nSPS) is 11.8. The van der Waals surface area contributed by atoms with Crippen molar-refractivity contribution in [1.29, 1.82) is 0 Å². The van der Waals surface area contributed by atoms with Gasteiger partial charge in [-0.25, -0.2) is 0 Å². The van der Waals surface area contributed by atoms with Crippen LogP contribution in [-0.2, 0) is 0 Å². The molecule has 0 amide bonds. The fraction of sp³-hybridized carbons (Fsp3) is 0. The molecule has 0 bridgehead atoms. The molecule has 2 heterocycles. The molecule has 5 aromatic carbocycles. The molecule has 0 fully saturated rings. The van der Waals surface area contributed by atoms with Gasteiger partial charge in [-0.05, 0) is 54.6 Å². The van der Waals surface area contributed by atoms with Crippen LogP contribution in [0.5, 0.6) is 0 Å². The molecule has 156 valence electrons. The number of nitrogens with zero attached hydrogens (tertiary/aromatic N) is 2. The molecule has 0 aliphatic rings. The van der Waals surface area contributed by atoms with Crippen molar-refractivity contribution in [1.82, 2.24) is 9.13 Å².